The summed E-state index contributed by atoms with van der Waals surface area (Å²) >= 11 is 11.8. The summed E-state index contributed by atoms with van der Waals surface area (Å²) in [7, 11) is 0. The van der Waals surface area contributed by atoms with Gasteiger partial charge in [-0.15, -0.1) is 12.4 Å². The maximum absolute atomic E-state index is 5.93. The minimum absolute atomic E-state index is 0. The zero-order chi connectivity index (χ0) is 9.97. The van der Waals surface area contributed by atoms with Crippen LogP contribution in [0.4, 0.5) is 0 Å². The van der Waals surface area contributed by atoms with E-state index in [9.17, 15) is 0 Å². The standard InChI is InChI=1S/C12H8Cl2.ClH/c13-11-7-6-10(8-12(11)14)9-4-2-1-3-5-9;/h1-8H;1H. The van der Waals surface area contributed by atoms with Gasteiger partial charge in [-0.2, -0.15) is 0 Å². The van der Waals surface area contributed by atoms with E-state index in [1.165, 1.54) is 0 Å². The first-order chi connectivity index (χ1) is 6.77. The Morgan fingerprint density at radius 1 is 0.667 bits per heavy atom. The SMILES string of the molecule is Cl.Clc1ccc(-c2ccccc2)cc1Cl. The Kier molecular flexibility index (Phi) is 4.46. The number of benzene rings is 2. The predicted molar refractivity (Wildman–Crippen MR) is 69.1 cm³/mol. The van der Waals surface area contributed by atoms with E-state index in [1.54, 1.807) is 0 Å². The van der Waals surface area contributed by atoms with Crippen molar-refractivity contribution >= 4 is 35.6 Å². The fourth-order valence-electron chi connectivity index (χ4n) is 1.31. The van der Waals surface area contributed by atoms with Gasteiger partial charge in [0.15, 0.2) is 0 Å². The quantitative estimate of drug-likeness (QED) is 0.670. The van der Waals surface area contributed by atoms with Gasteiger partial charge in [-0.05, 0) is 23.3 Å². The third-order valence-corrected chi connectivity index (χ3v) is 2.77. The molecule has 0 saturated carbocycles. The molecule has 0 bridgehead atoms. The van der Waals surface area contributed by atoms with Crippen LogP contribution >= 0.6 is 35.6 Å². The summed E-state index contributed by atoms with van der Waals surface area (Å²) in [4.78, 5) is 0. The minimum Gasteiger partial charge on any atom is -0.147 e. The summed E-state index contributed by atoms with van der Waals surface area (Å²) < 4.78 is 0. The molecule has 0 aliphatic carbocycles. The van der Waals surface area contributed by atoms with Crippen molar-refractivity contribution in [2.45, 2.75) is 0 Å². The molecule has 0 aliphatic heterocycles. The molecule has 0 aromatic heterocycles. The van der Waals surface area contributed by atoms with Gasteiger partial charge in [-0.25, -0.2) is 0 Å². The van der Waals surface area contributed by atoms with Gasteiger partial charge in [0.2, 0.25) is 0 Å². The van der Waals surface area contributed by atoms with E-state index in [1.807, 2.05) is 48.5 Å². The van der Waals surface area contributed by atoms with Gasteiger partial charge in [0.05, 0.1) is 10.0 Å². The van der Waals surface area contributed by atoms with Crippen molar-refractivity contribution in [1.29, 1.82) is 0 Å². The van der Waals surface area contributed by atoms with E-state index in [2.05, 4.69) is 0 Å². The highest BCUT2D eigenvalue weighted by Crippen LogP contribution is 2.28. The lowest BCUT2D eigenvalue weighted by Crippen LogP contribution is -1.77. The van der Waals surface area contributed by atoms with Crippen LogP contribution in [0.1, 0.15) is 0 Å². The fraction of sp³-hybridized carbons (Fsp3) is 0. The maximum atomic E-state index is 5.93. The Labute approximate surface area is 105 Å². The van der Waals surface area contributed by atoms with Crippen LogP contribution in [0.5, 0.6) is 0 Å². The first-order valence-electron chi connectivity index (χ1n) is 4.28. The molecule has 0 aliphatic rings. The van der Waals surface area contributed by atoms with Crippen LogP contribution in [0.3, 0.4) is 0 Å². The first-order valence-corrected chi connectivity index (χ1v) is 5.03. The molecule has 2 aromatic carbocycles. The van der Waals surface area contributed by atoms with E-state index in [0.717, 1.165) is 11.1 Å². The maximum Gasteiger partial charge on any atom is 0.0598 e. The third kappa shape index (κ3) is 2.88. The average Bonchev–Trinajstić information content (AvgIpc) is 2.23. The summed E-state index contributed by atoms with van der Waals surface area (Å²) in [6, 6.07) is 15.7. The molecule has 0 saturated heterocycles. The van der Waals surface area contributed by atoms with Gasteiger partial charge in [0, 0.05) is 0 Å². The van der Waals surface area contributed by atoms with Crippen LogP contribution < -0.4 is 0 Å². The lowest BCUT2D eigenvalue weighted by atomic mass is 10.1. The highest BCUT2D eigenvalue weighted by atomic mass is 35.5. The largest absolute Gasteiger partial charge is 0.147 e. The van der Waals surface area contributed by atoms with Crippen LogP contribution in [0, 0.1) is 0 Å². The number of hydrogen-bond acceptors (Lipinski definition) is 0. The van der Waals surface area contributed by atoms with Crippen molar-refractivity contribution in [3.63, 3.8) is 0 Å². The van der Waals surface area contributed by atoms with Gasteiger partial charge in [0.25, 0.3) is 0 Å². The summed E-state index contributed by atoms with van der Waals surface area (Å²) in [5.74, 6) is 0. The van der Waals surface area contributed by atoms with E-state index < -0.39 is 0 Å². The normalized spacial score (nSPS) is 9.47. The summed E-state index contributed by atoms with van der Waals surface area (Å²) in [5.41, 5.74) is 2.23. The van der Waals surface area contributed by atoms with Crippen molar-refractivity contribution in [3.05, 3.63) is 58.6 Å². The summed E-state index contributed by atoms with van der Waals surface area (Å²) in [6.45, 7) is 0. The van der Waals surface area contributed by atoms with Gasteiger partial charge in [-0.1, -0.05) is 59.6 Å². The molecule has 0 radical (unpaired) electrons. The van der Waals surface area contributed by atoms with Crippen molar-refractivity contribution in [2.24, 2.45) is 0 Å². The van der Waals surface area contributed by atoms with Crippen LogP contribution in [0.15, 0.2) is 48.5 Å². The number of halogens is 3. The third-order valence-electron chi connectivity index (χ3n) is 2.03. The van der Waals surface area contributed by atoms with Crippen molar-refractivity contribution in [2.75, 3.05) is 0 Å². The van der Waals surface area contributed by atoms with Crippen LogP contribution in [0.25, 0.3) is 11.1 Å². The molecule has 0 fully saturated rings. The van der Waals surface area contributed by atoms with Gasteiger partial charge < -0.3 is 0 Å². The fourth-order valence-corrected chi connectivity index (χ4v) is 1.60. The van der Waals surface area contributed by atoms with Crippen LogP contribution in [-0.4, -0.2) is 0 Å². The second-order valence-electron chi connectivity index (χ2n) is 2.99. The first kappa shape index (κ1) is 12.4. The molecule has 0 atom stereocenters. The molecule has 2 aromatic rings. The van der Waals surface area contributed by atoms with E-state index in [4.69, 9.17) is 23.2 Å². The molecule has 15 heavy (non-hydrogen) atoms. The monoisotopic (exact) mass is 258 g/mol. The second-order valence-corrected chi connectivity index (χ2v) is 3.81. The number of rotatable bonds is 1. The Bertz CT molecular complexity index is 438. The van der Waals surface area contributed by atoms with Gasteiger partial charge >= 0.3 is 0 Å². The van der Waals surface area contributed by atoms with Crippen LogP contribution in [-0.2, 0) is 0 Å². The predicted octanol–water partition coefficient (Wildman–Crippen LogP) is 5.08. The van der Waals surface area contributed by atoms with Crippen LogP contribution in [0.2, 0.25) is 10.0 Å². The average molecular weight is 260 g/mol. The molecule has 2 rings (SSSR count). The Morgan fingerprint density at radius 3 is 1.93 bits per heavy atom. The van der Waals surface area contributed by atoms with Crippen molar-refractivity contribution < 1.29 is 0 Å². The Morgan fingerprint density at radius 2 is 1.33 bits per heavy atom. The summed E-state index contributed by atoms with van der Waals surface area (Å²) in [6.07, 6.45) is 0. The topological polar surface area (TPSA) is 0 Å². The summed E-state index contributed by atoms with van der Waals surface area (Å²) in [5, 5.41) is 1.18. The van der Waals surface area contributed by atoms with Crippen molar-refractivity contribution in [3.8, 4) is 11.1 Å². The highest BCUT2D eigenvalue weighted by molar-refractivity contribution is 6.42. The van der Waals surface area contributed by atoms with Crippen molar-refractivity contribution in [1.82, 2.24) is 0 Å². The van der Waals surface area contributed by atoms with Gasteiger partial charge in [-0.3, -0.25) is 0 Å². The Balaban J connectivity index is 0.00000112. The molecule has 0 amide bonds. The van der Waals surface area contributed by atoms with Gasteiger partial charge in [0.1, 0.15) is 0 Å². The molecule has 0 N–H and O–H groups in total. The zero-order valence-corrected chi connectivity index (χ0v) is 10.1. The molecule has 0 spiro atoms. The highest BCUT2D eigenvalue weighted by Gasteiger charge is 2.00. The van der Waals surface area contributed by atoms with E-state index >= 15 is 0 Å². The molecule has 0 nitrogen and oxygen atoms in total. The molecule has 0 unspecified atom stereocenters. The second kappa shape index (κ2) is 5.41. The lowest BCUT2D eigenvalue weighted by molar-refractivity contribution is 1.62. The van der Waals surface area contributed by atoms with E-state index in [-0.39, 0.29) is 12.4 Å². The molecular weight excluding hydrogens is 250 g/mol. The lowest BCUT2D eigenvalue weighted by Gasteiger charge is -2.02. The number of hydrogen-bond donors (Lipinski definition) is 0. The minimum atomic E-state index is 0. The van der Waals surface area contributed by atoms with E-state index in [0.29, 0.717) is 10.0 Å². The zero-order valence-electron chi connectivity index (χ0n) is 7.78. The molecular formula is C12H9Cl3. The Hall–Kier alpha value is -0.690. The molecule has 0 heterocycles. The molecule has 78 valence electrons. The molecule has 3 heteroatoms. The smallest absolute Gasteiger partial charge is 0.0598 e.